The van der Waals surface area contributed by atoms with Crippen LogP contribution in [-0.2, 0) is 16.0 Å². The first-order valence-electron chi connectivity index (χ1n) is 7.43. The number of carbonyl (C=O) groups excluding carboxylic acids is 2. The summed E-state index contributed by atoms with van der Waals surface area (Å²) in [6, 6.07) is 10.8. The molecule has 0 saturated carbocycles. The van der Waals surface area contributed by atoms with Crippen LogP contribution in [0.3, 0.4) is 0 Å². The summed E-state index contributed by atoms with van der Waals surface area (Å²) in [6.07, 6.45) is 0.306. The van der Waals surface area contributed by atoms with Crippen LogP contribution in [0.4, 0.5) is 10.8 Å². The number of aromatic nitrogens is 2. The van der Waals surface area contributed by atoms with Gasteiger partial charge in [0, 0.05) is 4.88 Å². The van der Waals surface area contributed by atoms with E-state index in [1.165, 1.54) is 34.4 Å². The third-order valence-corrected chi connectivity index (χ3v) is 6.22. The van der Waals surface area contributed by atoms with Crippen LogP contribution in [0.15, 0.2) is 46.1 Å². The number of nitrogens with one attached hydrogen (secondary N) is 2. The molecule has 6 nitrogen and oxygen atoms in total. The third-order valence-electron chi connectivity index (χ3n) is 3.04. The molecule has 0 aliphatic carbocycles. The fraction of sp³-hybridized carbons (Fsp3) is 0.125. The number of benzene rings is 1. The first-order valence-corrected chi connectivity index (χ1v) is 10.5. The lowest BCUT2D eigenvalue weighted by molar-refractivity contribution is -0.115. The molecule has 134 valence electrons. The number of amides is 2. The average molecular weight is 425 g/mol. The first-order chi connectivity index (χ1) is 12.6. The Morgan fingerprint density at radius 1 is 1.08 bits per heavy atom. The van der Waals surface area contributed by atoms with E-state index in [1.54, 1.807) is 24.3 Å². The molecule has 1 aromatic carbocycles. The molecule has 0 spiro atoms. The van der Waals surface area contributed by atoms with Crippen LogP contribution in [0.1, 0.15) is 4.88 Å². The lowest BCUT2D eigenvalue weighted by Gasteiger charge is -2.05. The van der Waals surface area contributed by atoms with E-state index in [9.17, 15) is 9.59 Å². The molecule has 0 unspecified atom stereocenters. The van der Waals surface area contributed by atoms with Crippen molar-refractivity contribution in [3.63, 3.8) is 0 Å². The van der Waals surface area contributed by atoms with Gasteiger partial charge >= 0.3 is 0 Å². The number of hydrogen-bond donors (Lipinski definition) is 2. The third kappa shape index (κ3) is 5.53. The van der Waals surface area contributed by atoms with Crippen LogP contribution in [0.2, 0.25) is 5.02 Å². The monoisotopic (exact) mass is 424 g/mol. The maximum Gasteiger partial charge on any atom is 0.234 e. The highest BCUT2D eigenvalue weighted by Crippen LogP contribution is 2.26. The second-order valence-electron chi connectivity index (χ2n) is 4.99. The van der Waals surface area contributed by atoms with E-state index < -0.39 is 0 Å². The van der Waals surface area contributed by atoms with Gasteiger partial charge in [0.1, 0.15) is 0 Å². The number of hydrogen-bond acceptors (Lipinski definition) is 7. The summed E-state index contributed by atoms with van der Waals surface area (Å²) in [6.45, 7) is 0. The Morgan fingerprint density at radius 2 is 1.92 bits per heavy atom. The minimum atomic E-state index is -0.193. The molecule has 3 aromatic rings. The molecular formula is C16H13ClN4O2S3. The molecule has 2 heterocycles. The fourth-order valence-electron chi connectivity index (χ4n) is 1.93. The van der Waals surface area contributed by atoms with E-state index in [-0.39, 0.29) is 17.6 Å². The number of para-hydroxylation sites is 1. The predicted molar refractivity (Wildman–Crippen MR) is 107 cm³/mol. The van der Waals surface area contributed by atoms with Crippen molar-refractivity contribution in [3.05, 3.63) is 51.7 Å². The second kappa shape index (κ2) is 9.13. The van der Waals surface area contributed by atoms with Crippen LogP contribution in [0, 0.1) is 0 Å². The largest absolute Gasteiger partial charge is 0.324 e. The topological polar surface area (TPSA) is 84.0 Å². The SMILES string of the molecule is O=C(Cc1cccs1)Nc1nnc(SCC(=O)Nc2ccccc2Cl)s1. The Balaban J connectivity index is 1.46. The van der Waals surface area contributed by atoms with Crippen molar-refractivity contribution in [2.24, 2.45) is 0 Å². The van der Waals surface area contributed by atoms with Crippen molar-refractivity contribution >= 4 is 68.7 Å². The highest BCUT2D eigenvalue weighted by Gasteiger charge is 2.12. The van der Waals surface area contributed by atoms with Crippen LogP contribution in [0.25, 0.3) is 0 Å². The molecule has 2 N–H and O–H groups in total. The normalized spacial score (nSPS) is 10.5. The van der Waals surface area contributed by atoms with Crippen molar-refractivity contribution in [2.75, 3.05) is 16.4 Å². The Bertz CT molecular complexity index is 899. The minimum absolute atomic E-state index is 0.142. The van der Waals surface area contributed by atoms with Crippen LogP contribution < -0.4 is 10.6 Å². The van der Waals surface area contributed by atoms with Crippen LogP contribution >= 0.6 is 46.0 Å². The van der Waals surface area contributed by atoms with Gasteiger partial charge in [-0.25, -0.2) is 0 Å². The second-order valence-corrected chi connectivity index (χ2v) is 8.63. The van der Waals surface area contributed by atoms with Gasteiger partial charge in [-0.15, -0.1) is 21.5 Å². The Kier molecular flexibility index (Phi) is 6.62. The summed E-state index contributed by atoms with van der Waals surface area (Å²) in [5, 5.41) is 16.2. The predicted octanol–water partition coefficient (Wildman–Crippen LogP) is 4.17. The maximum absolute atomic E-state index is 12.0. The van der Waals surface area contributed by atoms with Gasteiger partial charge in [0.15, 0.2) is 4.34 Å². The lowest BCUT2D eigenvalue weighted by Crippen LogP contribution is -2.14. The van der Waals surface area contributed by atoms with Gasteiger partial charge in [0.2, 0.25) is 16.9 Å². The number of anilines is 2. The maximum atomic E-state index is 12.0. The highest BCUT2D eigenvalue weighted by molar-refractivity contribution is 8.01. The molecule has 10 heteroatoms. The lowest BCUT2D eigenvalue weighted by atomic mass is 10.3. The molecule has 0 saturated heterocycles. The Labute approximate surface area is 167 Å². The van der Waals surface area contributed by atoms with Crippen LogP contribution in [-0.4, -0.2) is 27.8 Å². The highest BCUT2D eigenvalue weighted by atomic mass is 35.5. The fourth-order valence-corrected chi connectivity index (χ4v) is 4.38. The van der Waals surface area contributed by atoms with Crippen molar-refractivity contribution in [1.82, 2.24) is 10.2 Å². The number of nitrogens with zero attached hydrogens (tertiary/aromatic N) is 2. The summed E-state index contributed by atoms with van der Waals surface area (Å²) < 4.78 is 0.603. The molecule has 26 heavy (non-hydrogen) atoms. The number of rotatable bonds is 7. The summed E-state index contributed by atoms with van der Waals surface area (Å²) in [5.74, 6) is -0.165. The molecule has 2 amide bonds. The van der Waals surface area contributed by atoms with Gasteiger partial charge < -0.3 is 10.6 Å². The zero-order valence-electron chi connectivity index (χ0n) is 13.3. The summed E-state index contributed by atoms with van der Waals surface area (Å²) in [4.78, 5) is 24.9. The van der Waals surface area contributed by atoms with E-state index in [0.717, 1.165) is 4.88 Å². The van der Waals surface area contributed by atoms with E-state index >= 15 is 0 Å². The van der Waals surface area contributed by atoms with Crippen molar-refractivity contribution in [3.8, 4) is 0 Å². The van der Waals surface area contributed by atoms with E-state index in [0.29, 0.717) is 26.6 Å². The summed E-state index contributed by atoms with van der Waals surface area (Å²) in [5.41, 5.74) is 0.568. The van der Waals surface area contributed by atoms with E-state index in [4.69, 9.17) is 11.6 Å². The average Bonchev–Trinajstić information content (AvgIpc) is 3.27. The molecule has 0 radical (unpaired) electrons. The van der Waals surface area contributed by atoms with Crippen LogP contribution in [0.5, 0.6) is 0 Å². The van der Waals surface area contributed by atoms with Crippen molar-refractivity contribution < 1.29 is 9.59 Å². The number of thioether (sulfide) groups is 1. The van der Waals surface area contributed by atoms with E-state index in [1.807, 2.05) is 17.5 Å². The smallest absolute Gasteiger partial charge is 0.234 e. The van der Waals surface area contributed by atoms with Gasteiger partial charge in [-0.05, 0) is 23.6 Å². The van der Waals surface area contributed by atoms with Crippen molar-refractivity contribution in [2.45, 2.75) is 10.8 Å². The van der Waals surface area contributed by atoms with E-state index in [2.05, 4.69) is 20.8 Å². The molecule has 0 aliphatic rings. The molecule has 0 atom stereocenters. The summed E-state index contributed by atoms with van der Waals surface area (Å²) >= 11 is 10.0. The number of carbonyl (C=O) groups is 2. The minimum Gasteiger partial charge on any atom is -0.324 e. The van der Waals surface area contributed by atoms with Gasteiger partial charge in [0.25, 0.3) is 0 Å². The van der Waals surface area contributed by atoms with Gasteiger partial charge in [-0.2, -0.15) is 0 Å². The molecular weight excluding hydrogens is 412 g/mol. The molecule has 2 aromatic heterocycles. The standard InChI is InChI=1S/C16H13ClN4O2S3/c17-11-5-1-2-6-12(11)18-14(23)9-25-16-21-20-15(26-16)19-13(22)8-10-4-3-7-24-10/h1-7H,8-9H2,(H,18,23)(H,19,20,22). The Hall–Kier alpha value is -1.94. The van der Waals surface area contributed by atoms with Crippen molar-refractivity contribution in [1.29, 1.82) is 0 Å². The van der Waals surface area contributed by atoms with Gasteiger partial charge in [0.05, 0.1) is 22.9 Å². The number of thiophene rings is 1. The molecule has 0 bridgehead atoms. The molecule has 0 aliphatic heterocycles. The zero-order valence-corrected chi connectivity index (χ0v) is 16.5. The number of halogens is 1. The Morgan fingerprint density at radius 3 is 2.69 bits per heavy atom. The zero-order chi connectivity index (χ0) is 18.4. The summed E-state index contributed by atoms with van der Waals surface area (Å²) in [7, 11) is 0. The first kappa shape index (κ1) is 18.8. The molecule has 0 fully saturated rings. The van der Waals surface area contributed by atoms with Gasteiger partial charge in [-0.1, -0.05) is 52.9 Å². The quantitative estimate of drug-likeness (QED) is 0.439. The van der Waals surface area contributed by atoms with Gasteiger partial charge in [-0.3, -0.25) is 9.59 Å². The molecule has 3 rings (SSSR count).